The zero-order valence-corrected chi connectivity index (χ0v) is 14.7. The molecule has 0 amide bonds. The Labute approximate surface area is 148 Å². The summed E-state index contributed by atoms with van der Waals surface area (Å²) in [5.41, 5.74) is 2.96. The minimum Gasteiger partial charge on any atom is -0.357 e. The average molecular weight is 333 g/mol. The Morgan fingerprint density at radius 2 is 1.68 bits per heavy atom. The van der Waals surface area contributed by atoms with E-state index in [4.69, 9.17) is 9.97 Å². The Balaban J connectivity index is 1.92. The van der Waals surface area contributed by atoms with E-state index >= 15 is 0 Å². The topological polar surface area (TPSA) is 53.9 Å². The molecule has 0 saturated carbocycles. The van der Waals surface area contributed by atoms with Crippen molar-refractivity contribution in [2.75, 3.05) is 23.3 Å². The molecule has 3 rings (SSSR count). The molecule has 5 heteroatoms. The normalized spacial score (nSPS) is 10.5. The van der Waals surface area contributed by atoms with Gasteiger partial charge in [-0.15, -0.1) is 0 Å². The molecule has 1 aromatic carbocycles. The molecule has 5 nitrogen and oxygen atoms in total. The van der Waals surface area contributed by atoms with E-state index < -0.39 is 0 Å². The average Bonchev–Trinajstić information content (AvgIpc) is 2.69. The number of aromatic nitrogens is 3. The molecule has 0 aliphatic heterocycles. The molecule has 0 fully saturated rings. The number of nitrogens with zero attached hydrogens (tertiary/aromatic N) is 4. The first-order valence-corrected chi connectivity index (χ1v) is 8.63. The SMILES string of the molecule is CCN(CC)c1cc(-c2ccccc2)nc(NCc2ccccn2)n1. The van der Waals surface area contributed by atoms with Gasteiger partial charge in [-0.2, -0.15) is 4.98 Å². The zero-order chi connectivity index (χ0) is 17.5. The van der Waals surface area contributed by atoms with Crippen LogP contribution in [-0.4, -0.2) is 28.0 Å². The molecular formula is C20H23N5. The third-order valence-electron chi connectivity index (χ3n) is 4.02. The smallest absolute Gasteiger partial charge is 0.225 e. The van der Waals surface area contributed by atoms with Crippen LogP contribution in [0.25, 0.3) is 11.3 Å². The standard InChI is InChI=1S/C20H23N5/c1-3-25(4-2)19-14-18(16-10-6-5-7-11-16)23-20(24-19)22-15-17-12-8-9-13-21-17/h5-14H,3-4,15H2,1-2H3,(H,22,23,24). The summed E-state index contributed by atoms with van der Waals surface area (Å²) in [6, 6.07) is 18.1. The van der Waals surface area contributed by atoms with Gasteiger partial charge in [-0.05, 0) is 26.0 Å². The van der Waals surface area contributed by atoms with Crippen molar-refractivity contribution in [3.63, 3.8) is 0 Å². The van der Waals surface area contributed by atoms with Gasteiger partial charge in [0.25, 0.3) is 0 Å². The highest BCUT2D eigenvalue weighted by Gasteiger charge is 2.10. The van der Waals surface area contributed by atoms with Crippen molar-refractivity contribution in [3.8, 4) is 11.3 Å². The monoisotopic (exact) mass is 333 g/mol. The van der Waals surface area contributed by atoms with E-state index in [2.05, 4.69) is 41.2 Å². The summed E-state index contributed by atoms with van der Waals surface area (Å²) in [6.07, 6.45) is 1.79. The second kappa shape index (κ2) is 8.24. The maximum atomic E-state index is 4.69. The fourth-order valence-corrected chi connectivity index (χ4v) is 2.65. The highest BCUT2D eigenvalue weighted by molar-refractivity contribution is 5.64. The Morgan fingerprint density at radius 1 is 0.920 bits per heavy atom. The van der Waals surface area contributed by atoms with Crippen LogP contribution in [0.3, 0.4) is 0 Å². The van der Waals surface area contributed by atoms with Gasteiger partial charge >= 0.3 is 0 Å². The molecule has 2 aromatic heterocycles. The van der Waals surface area contributed by atoms with E-state index in [1.165, 1.54) is 0 Å². The number of rotatable bonds is 7. The minimum atomic E-state index is 0.594. The largest absolute Gasteiger partial charge is 0.357 e. The van der Waals surface area contributed by atoms with Gasteiger partial charge in [-0.25, -0.2) is 4.98 Å². The molecule has 0 atom stereocenters. The van der Waals surface area contributed by atoms with Crippen LogP contribution in [0.5, 0.6) is 0 Å². The molecule has 0 saturated heterocycles. The number of hydrogen-bond acceptors (Lipinski definition) is 5. The predicted octanol–water partition coefficient (Wildman–Crippen LogP) is 4.00. The van der Waals surface area contributed by atoms with Crippen molar-refractivity contribution in [2.45, 2.75) is 20.4 Å². The van der Waals surface area contributed by atoms with Crippen LogP contribution in [0.15, 0.2) is 60.8 Å². The maximum Gasteiger partial charge on any atom is 0.225 e. The minimum absolute atomic E-state index is 0.594. The van der Waals surface area contributed by atoms with Gasteiger partial charge in [0.1, 0.15) is 5.82 Å². The number of benzene rings is 1. The summed E-state index contributed by atoms with van der Waals surface area (Å²) >= 11 is 0. The summed E-state index contributed by atoms with van der Waals surface area (Å²) in [7, 11) is 0. The number of hydrogen-bond donors (Lipinski definition) is 1. The molecule has 0 spiro atoms. The molecule has 128 valence electrons. The predicted molar refractivity (Wildman–Crippen MR) is 103 cm³/mol. The third-order valence-corrected chi connectivity index (χ3v) is 4.02. The Kier molecular flexibility index (Phi) is 5.57. The highest BCUT2D eigenvalue weighted by atomic mass is 15.2. The molecule has 0 bridgehead atoms. The van der Waals surface area contributed by atoms with E-state index in [-0.39, 0.29) is 0 Å². The zero-order valence-electron chi connectivity index (χ0n) is 14.7. The van der Waals surface area contributed by atoms with Gasteiger partial charge < -0.3 is 10.2 Å². The summed E-state index contributed by atoms with van der Waals surface area (Å²) in [5.74, 6) is 1.55. The number of anilines is 2. The lowest BCUT2D eigenvalue weighted by molar-refractivity contribution is 0.841. The molecule has 3 aromatic rings. The number of pyridine rings is 1. The van der Waals surface area contributed by atoms with Crippen molar-refractivity contribution >= 4 is 11.8 Å². The van der Waals surface area contributed by atoms with Gasteiger partial charge in [-0.3, -0.25) is 4.98 Å². The van der Waals surface area contributed by atoms with Crippen LogP contribution >= 0.6 is 0 Å². The van der Waals surface area contributed by atoms with E-state index in [9.17, 15) is 0 Å². The van der Waals surface area contributed by atoms with E-state index in [0.717, 1.165) is 35.9 Å². The van der Waals surface area contributed by atoms with Crippen molar-refractivity contribution in [1.82, 2.24) is 15.0 Å². The van der Waals surface area contributed by atoms with Crippen LogP contribution in [0, 0.1) is 0 Å². The maximum absolute atomic E-state index is 4.69. The van der Waals surface area contributed by atoms with Crippen molar-refractivity contribution in [1.29, 1.82) is 0 Å². The van der Waals surface area contributed by atoms with Gasteiger partial charge in [-0.1, -0.05) is 36.4 Å². The Bertz CT molecular complexity index is 786. The van der Waals surface area contributed by atoms with E-state index in [1.807, 2.05) is 42.5 Å². The summed E-state index contributed by atoms with van der Waals surface area (Å²) in [4.78, 5) is 15.9. The molecule has 0 radical (unpaired) electrons. The fraction of sp³-hybridized carbons (Fsp3) is 0.250. The van der Waals surface area contributed by atoms with Crippen LogP contribution < -0.4 is 10.2 Å². The van der Waals surface area contributed by atoms with E-state index in [1.54, 1.807) is 6.20 Å². The van der Waals surface area contributed by atoms with Crippen LogP contribution in [-0.2, 0) is 6.54 Å². The van der Waals surface area contributed by atoms with Gasteiger partial charge in [0.15, 0.2) is 0 Å². The molecule has 25 heavy (non-hydrogen) atoms. The molecular weight excluding hydrogens is 310 g/mol. The molecule has 0 aliphatic carbocycles. The summed E-state index contributed by atoms with van der Waals surface area (Å²) < 4.78 is 0. The lowest BCUT2D eigenvalue weighted by atomic mass is 10.1. The summed E-state index contributed by atoms with van der Waals surface area (Å²) in [6.45, 7) is 6.67. The molecule has 0 unspecified atom stereocenters. The van der Waals surface area contributed by atoms with Gasteiger partial charge in [0.05, 0.1) is 17.9 Å². The van der Waals surface area contributed by atoms with Crippen LogP contribution in [0.1, 0.15) is 19.5 Å². The van der Waals surface area contributed by atoms with Crippen LogP contribution in [0.4, 0.5) is 11.8 Å². The fourth-order valence-electron chi connectivity index (χ4n) is 2.65. The molecule has 0 aliphatic rings. The quantitative estimate of drug-likeness (QED) is 0.708. The first-order chi connectivity index (χ1) is 12.3. The lowest BCUT2D eigenvalue weighted by Gasteiger charge is -2.21. The Morgan fingerprint density at radius 3 is 2.36 bits per heavy atom. The van der Waals surface area contributed by atoms with Crippen molar-refractivity contribution in [3.05, 3.63) is 66.5 Å². The highest BCUT2D eigenvalue weighted by Crippen LogP contribution is 2.23. The second-order valence-electron chi connectivity index (χ2n) is 5.65. The lowest BCUT2D eigenvalue weighted by Crippen LogP contribution is -2.23. The van der Waals surface area contributed by atoms with E-state index in [0.29, 0.717) is 12.5 Å². The van der Waals surface area contributed by atoms with Gasteiger partial charge in [0, 0.05) is 30.9 Å². The third kappa shape index (κ3) is 4.32. The first kappa shape index (κ1) is 16.9. The molecule has 1 N–H and O–H groups in total. The molecule has 2 heterocycles. The van der Waals surface area contributed by atoms with Crippen LogP contribution in [0.2, 0.25) is 0 Å². The second-order valence-corrected chi connectivity index (χ2v) is 5.65. The Hall–Kier alpha value is -2.95. The van der Waals surface area contributed by atoms with Gasteiger partial charge in [0.2, 0.25) is 5.95 Å². The number of nitrogens with one attached hydrogen (secondary N) is 1. The van der Waals surface area contributed by atoms with Crippen molar-refractivity contribution < 1.29 is 0 Å². The van der Waals surface area contributed by atoms with Crippen molar-refractivity contribution in [2.24, 2.45) is 0 Å². The summed E-state index contributed by atoms with van der Waals surface area (Å²) in [5, 5.41) is 3.30. The first-order valence-electron chi connectivity index (χ1n) is 8.63.